The van der Waals surface area contributed by atoms with Crippen LogP contribution in [0.1, 0.15) is 13.3 Å². The summed E-state index contributed by atoms with van der Waals surface area (Å²) in [5, 5.41) is 31.4. The van der Waals surface area contributed by atoms with Crippen molar-refractivity contribution in [2.24, 2.45) is 10.2 Å². The van der Waals surface area contributed by atoms with Gasteiger partial charge in [0.1, 0.15) is 10.6 Å². The number of azo groups is 1. The zero-order valence-corrected chi connectivity index (χ0v) is 18.0. The maximum Gasteiger partial charge on any atom is 1.00 e. The summed E-state index contributed by atoms with van der Waals surface area (Å²) < 4.78 is 31.4. The van der Waals surface area contributed by atoms with Crippen LogP contribution in [0.3, 0.4) is 0 Å². The first-order valence-corrected chi connectivity index (χ1v) is 9.05. The third kappa shape index (κ3) is 6.73. The number of para-hydroxylation sites is 2. The Hall–Kier alpha value is -2.24. The molecule has 0 aliphatic carbocycles. The van der Waals surface area contributed by atoms with Gasteiger partial charge >= 0.3 is 29.6 Å². The minimum atomic E-state index is -4.65. The summed E-state index contributed by atoms with van der Waals surface area (Å²) in [4.78, 5) is 11.3. The molecule has 2 aromatic rings. The van der Waals surface area contributed by atoms with E-state index in [-0.39, 0.29) is 47.4 Å². The van der Waals surface area contributed by atoms with Crippen LogP contribution in [0.4, 0.5) is 11.4 Å². The quantitative estimate of drug-likeness (QED) is 0.248. The monoisotopic (exact) mass is 413 g/mol. The van der Waals surface area contributed by atoms with Crippen molar-refractivity contribution in [1.82, 2.24) is 0 Å². The second-order valence-corrected chi connectivity index (χ2v) is 6.78. The molecule has 0 heterocycles. The summed E-state index contributed by atoms with van der Waals surface area (Å²) in [6.07, 6.45) is -0.369. The maximum atomic E-state index is 12.0. The topological polar surface area (TPSA) is 151 Å². The number of nitrogens with zero attached hydrogens (tertiary/aromatic N) is 2. The molecule has 11 heteroatoms. The predicted molar refractivity (Wildman–Crippen MR) is 94.8 cm³/mol. The molecule has 142 valence electrons. The van der Waals surface area contributed by atoms with E-state index in [4.69, 9.17) is 4.55 Å². The van der Waals surface area contributed by atoms with Gasteiger partial charge in [0.2, 0.25) is 5.91 Å². The number of hydrogen-bond acceptors (Lipinski definition) is 7. The molecule has 2 rings (SSSR count). The van der Waals surface area contributed by atoms with Gasteiger partial charge in [-0.15, -0.1) is 10.9 Å². The Kier molecular flexibility index (Phi) is 8.79. The Labute approximate surface area is 183 Å². The van der Waals surface area contributed by atoms with Crippen molar-refractivity contribution < 1.29 is 57.5 Å². The number of benzene rings is 2. The molecular formula is C17H16N3NaO6S. The number of phenolic OH excluding ortho intramolecular Hbond substituents is 1. The molecule has 0 radical (unpaired) electrons. The number of anilines is 1. The number of rotatable bonds is 6. The molecule has 0 bridgehead atoms. The number of allylic oxidation sites excluding steroid dienone is 1. The third-order valence-electron chi connectivity index (χ3n) is 3.33. The SMILES string of the molecule is C/C([O-])=C(/CC(=O)Nc1ccccc1)N=Nc1cccc(S(=O)(=O)O)c1O.[Na+]. The van der Waals surface area contributed by atoms with Gasteiger partial charge in [-0.25, -0.2) is 0 Å². The van der Waals surface area contributed by atoms with Gasteiger partial charge in [-0.1, -0.05) is 31.2 Å². The van der Waals surface area contributed by atoms with Gasteiger partial charge in [0.25, 0.3) is 10.1 Å². The number of amides is 1. The molecule has 0 spiro atoms. The van der Waals surface area contributed by atoms with Gasteiger partial charge in [0, 0.05) is 5.69 Å². The molecule has 0 atom stereocenters. The molecule has 2 aromatic carbocycles. The molecular weight excluding hydrogens is 397 g/mol. The number of carbonyl (C=O) groups is 1. The summed E-state index contributed by atoms with van der Waals surface area (Å²) in [7, 11) is -4.65. The zero-order chi connectivity index (χ0) is 20.0. The molecule has 0 saturated carbocycles. The van der Waals surface area contributed by atoms with Crippen LogP contribution in [0.15, 0.2) is 75.1 Å². The largest absolute Gasteiger partial charge is 1.00 e. The van der Waals surface area contributed by atoms with Crippen molar-refractivity contribution in [2.75, 3.05) is 5.32 Å². The summed E-state index contributed by atoms with van der Waals surface area (Å²) in [5.41, 5.74) is 0.0632. The van der Waals surface area contributed by atoms with Crippen LogP contribution in [-0.4, -0.2) is 24.0 Å². The standard InChI is InChI=1S/C17H17N3O6S.Na/c1-11(21)14(10-16(22)18-12-6-3-2-4-7-12)20-19-13-8-5-9-15(17(13)23)27(24,25)26;/h2-9,21,23H,10H2,1H3,(H,18,22)(H,24,25,26);/q;+1/p-1/b14-11+,20-19?;. The van der Waals surface area contributed by atoms with Crippen LogP contribution in [0, 0.1) is 0 Å². The van der Waals surface area contributed by atoms with Gasteiger partial charge in [-0.3, -0.25) is 9.35 Å². The Morgan fingerprint density at radius 2 is 1.79 bits per heavy atom. The molecule has 0 aromatic heterocycles. The van der Waals surface area contributed by atoms with E-state index in [0.717, 1.165) is 6.07 Å². The summed E-state index contributed by atoms with van der Waals surface area (Å²) in [6, 6.07) is 12.0. The molecule has 28 heavy (non-hydrogen) atoms. The van der Waals surface area contributed by atoms with Crippen molar-refractivity contribution in [3.8, 4) is 5.75 Å². The first kappa shape index (κ1) is 23.8. The van der Waals surface area contributed by atoms with E-state index in [2.05, 4.69) is 15.5 Å². The fourth-order valence-electron chi connectivity index (χ4n) is 2.02. The second-order valence-electron chi connectivity index (χ2n) is 5.39. The van der Waals surface area contributed by atoms with E-state index in [1.165, 1.54) is 19.1 Å². The Morgan fingerprint density at radius 1 is 1.14 bits per heavy atom. The normalized spacial score (nSPS) is 12.2. The van der Waals surface area contributed by atoms with Crippen LogP contribution >= 0.6 is 0 Å². The number of nitrogens with one attached hydrogen (secondary N) is 1. The van der Waals surface area contributed by atoms with Crippen molar-refractivity contribution in [2.45, 2.75) is 18.2 Å². The van der Waals surface area contributed by atoms with E-state index in [0.29, 0.717) is 5.69 Å². The number of hydrogen-bond donors (Lipinski definition) is 3. The molecule has 9 nitrogen and oxygen atoms in total. The average molecular weight is 413 g/mol. The smallest absolute Gasteiger partial charge is 0.874 e. The van der Waals surface area contributed by atoms with E-state index in [1.54, 1.807) is 30.3 Å². The van der Waals surface area contributed by atoms with Crippen LogP contribution in [-0.2, 0) is 14.9 Å². The molecule has 0 unspecified atom stereocenters. The van der Waals surface area contributed by atoms with Crippen molar-refractivity contribution in [1.29, 1.82) is 0 Å². The minimum absolute atomic E-state index is 0. The molecule has 3 N–H and O–H groups in total. The second kappa shape index (κ2) is 10.3. The maximum absolute atomic E-state index is 12.0. The van der Waals surface area contributed by atoms with E-state index in [9.17, 15) is 23.4 Å². The molecule has 1 amide bonds. The van der Waals surface area contributed by atoms with Crippen molar-refractivity contribution >= 4 is 27.4 Å². The first-order chi connectivity index (χ1) is 12.7. The Morgan fingerprint density at radius 3 is 2.36 bits per heavy atom. The number of carbonyl (C=O) groups excluding carboxylic acids is 1. The Balaban J connectivity index is 0.00000392. The van der Waals surface area contributed by atoms with E-state index in [1.807, 2.05) is 0 Å². The molecule has 0 saturated heterocycles. The van der Waals surface area contributed by atoms with Gasteiger partial charge in [0.05, 0.1) is 12.1 Å². The van der Waals surface area contributed by atoms with E-state index < -0.39 is 32.4 Å². The van der Waals surface area contributed by atoms with Crippen LogP contribution in [0.5, 0.6) is 5.75 Å². The Bertz CT molecular complexity index is 1000. The van der Waals surface area contributed by atoms with Crippen molar-refractivity contribution in [3.05, 3.63) is 60.0 Å². The number of phenols is 1. The van der Waals surface area contributed by atoms with Crippen LogP contribution in [0.2, 0.25) is 0 Å². The van der Waals surface area contributed by atoms with Crippen molar-refractivity contribution in [3.63, 3.8) is 0 Å². The molecule has 0 fully saturated rings. The van der Waals surface area contributed by atoms with E-state index >= 15 is 0 Å². The fourth-order valence-corrected chi connectivity index (χ4v) is 2.62. The van der Waals surface area contributed by atoms with Crippen LogP contribution in [0.25, 0.3) is 0 Å². The number of aromatic hydroxyl groups is 1. The van der Waals surface area contributed by atoms with Gasteiger partial charge in [-0.05, 0) is 24.3 Å². The average Bonchev–Trinajstić information content (AvgIpc) is 2.59. The van der Waals surface area contributed by atoms with Crippen LogP contribution < -0.4 is 40.0 Å². The summed E-state index contributed by atoms with van der Waals surface area (Å²) in [6.45, 7) is 1.19. The minimum Gasteiger partial charge on any atom is -0.874 e. The fraction of sp³-hybridized carbons (Fsp3) is 0.118. The summed E-state index contributed by atoms with van der Waals surface area (Å²) in [5.74, 6) is -1.84. The molecule has 0 aliphatic heterocycles. The summed E-state index contributed by atoms with van der Waals surface area (Å²) >= 11 is 0. The zero-order valence-electron chi connectivity index (χ0n) is 15.2. The first-order valence-electron chi connectivity index (χ1n) is 7.61. The third-order valence-corrected chi connectivity index (χ3v) is 4.21. The molecule has 0 aliphatic rings. The van der Waals surface area contributed by atoms with Gasteiger partial charge in [0.15, 0.2) is 5.75 Å². The van der Waals surface area contributed by atoms with Gasteiger partial charge in [-0.2, -0.15) is 13.5 Å². The van der Waals surface area contributed by atoms with Gasteiger partial charge < -0.3 is 15.5 Å². The predicted octanol–water partition coefficient (Wildman–Crippen LogP) is -0.653.